The number of carbonyl (C=O) groups is 2. The first-order valence-corrected chi connectivity index (χ1v) is 10.6. The highest BCUT2D eigenvalue weighted by Crippen LogP contribution is 2.28. The van der Waals surface area contributed by atoms with Crippen molar-refractivity contribution in [2.45, 2.75) is 64.3 Å². The lowest BCUT2D eigenvalue weighted by molar-refractivity contribution is -0.116. The van der Waals surface area contributed by atoms with Gasteiger partial charge in [0.1, 0.15) is 12.4 Å². The fourth-order valence-corrected chi connectivity index (χ4v) is 3.60. The lowest BCUT2D eigenvalue weighted by Gasteiger charge is -2.25. The summed E-state index contributed by atoms with van der Waals surface area (Å²) in [5.74, 6) is 1.47. The number of rotatable bonds is 10. The zero-order chi connectivity index (χ0) is 21.1. The molecule has 0 saturated heterocycles. The van der Waals surface area contributed by atoms with Crippen LogP contribution in [0.2, 0.25) is 0 Å². The van der Waals surface area contributed by atoms with Crippen LogP contribution in [0.1, 0.15) is 58.3 Å². The summed E-state index contributed by atoms with van der Waals surface area (Å²) in [6.45, 7) is 2.34. The first-order valence-electron chi connectivity index (χ1n) is 10.6. The number of nitrogens with two attached hydrogens (primary N) is 1. The molecule has 0 spiro atoms. The lowest BCUT2D eigenvalue weighted by atomic mass is 9.85. The Bertz CT molecular complexity index is 686. The number of carbonyl (C=O) groups excluding carboxylic acids is 2. The van der Waals surface area contributed by atoms with Crippen molar-refractivity contribution in [1.82, 2.24) is 4.90 Å². The highest BCUT2D eigenvalue weighted by molar-refractivity contribution is 5.90. The van der Waals surface area contributed by atoms with Crippen LogP contribution in [0.3, 0.4) is 0 Å². The molecule has 0 radical (unpaired) electrons. The summed E-state index contributed by atoms with van der Waals surface area (Å²) in [4.78, 5) is 28.6. The van der Waals surface area contributed by atoms with Crippen molar-refractivity contribution in [2.75, 3.05) is 19.0 Å². The van der Waals surface area contributed by atoms with Crippen LogP contribution in [0.15, 0.2) is 29.3 Å². The van der Waals surface area contributed by atoms with E-state index in [0.29, 0.717) is 36.8 Å². The minimum Gasteiger partial charge on any atom is -0.491 e. The van der Waals surface area contributed by atoms with E-state index >= 15 is 0 Å². The van der Waals surface area contributed by atoms with E-state index in [9.17, 15) is 9.59 Å². The number of guanidine groups is 1. The van der Waals surface area contributed by atoms with Gasteiger partial charge < -0.3 is 15.8 Å². The van der Waals surface area contributed by atoms with Crippen LogP contribution >= 0.6 is 0 Å². The largest absolute Gasteiger partial charge is 0.491 e. The average Bonchev–Trinajstić information content (AvgIpc) is 2.72. The van der Waals surface area contributed by atoms with E-state index < -0.39 is 0 Å². The summed E-state index contributed by atoms with van der Waals surface area (Å²) in [5, 5.41) is 2.88. The second kappa shape index (κ2) is 12.1. The third-order valence-corrected chi connectivity index (χ3v) is 5.20. The Labute approximate surface area is 173 Å². The summed E-state index contributed by atoms with van der Waals surface area (Å²) in [6, 6.07) is 7.24. The van der Waals surface area contributed by atoms with Crippen molar-refractivity contribution in [3.8, 4) is 5.75 Å². The van der Waals surface area contributed by atoms with Gasteiger partial charge in [0.2, 0.25) is 12.3 Å². The topological polar surface area (TPSA) is 97.0 Å². The van der Waals surface area contributed by atoms with Gasteiger partial charge in [0.15, 0.2) is 5.96 Å². The third kappa shape index (κ3) is 8.13. The van der Waals surface area contributed by atoms with E-state index in [1.807, 2.05) is 31.2 Å². The van der Waals surface area contributed by atoms with Crippen LogP contribution in [-0.2, 0) is 9.59 Å². The zero-order valence-electron chi connectivity index (χ0n) is 17.6. The van der Waals surface area contributed by atoms with Gasteiger partial charge >= 0.3 is 0 Å². The van der Waals surface area contributed by atoms with Gasteiger partial charge in [-0.05, 0) is 30.9 Å². The third-order valence-electron chi connectivity index (χ3n) is 5.20. The Hall–Kier alpha value is -2.57. The molecule has 3 N–H and O–H groups in total. The molecule has 7 nitrogen and oxygen atoms in total. The molecule has 1 aliphatic carbocycles. The Morgan fingerprint density at radius 1 is 1.38 bits per heavy atom. The molecule has 1 saturated carbocycles. The summed E-state index contributed by atoms with van der Waals surface area (Å²) in [5.41, 5.74) is 6.67. The normalized spacial score (nSPS) is 16.1. The van der Waals surface area contributed by atoms with Gasteiger partial charge in [-0.3, -0.25) is 14.5 Å². The lowest BCUT2D eigenvalue weighted by Crippen LogP contribution is -2.35. The summed E-state index contributed by atoms with van der Waals surface area (Å²) in [6.07, 6.45) is 9.05. The zero-order valence-corrected chi connectivity index (χ0v) is 17.6. The molecule has 2 amide bonds. The first kappa shape index (κ1) is 22.7. The van der Waals surface area contributed by atoms with E-state index in [1.165, 1.54) is 37.0 Å². The van der Waals surface area contributed by atoms with Crippen LogP contribution in [0, 0.1) is 5.92 Å². The minimum absolute atomic E-state index is 0.00546. The molecule has 0 heterocycles. The van der Waals surface area contributed by atoms with Crippen LogP contribution < -0.4 is 15.8 Å². The monoisotopic (exact) mass is 402 g/mol. The molecule has 1 aliphatic rings. The standard InChI is InChI=1S/C22H34N4O3/c1-3-8-21(28)24-18-11-7-12-20(14-18)29-15-19(25-22(23)26(2)16-27)13-17-9-5-4-6-10-17/h7,11-12,14,16-17,19H,3-6,8-10,13,15H2,1-2H3,(H2,23,25)(H,24,28). The van der Waals surface area contributed by atoms with Crippen LogP contribution in [-0.4, -0.2) is 42.9 Å². The number of aliphatic imine (C=N–C) groups is 1. The molecule has 1 fully saturated rings. The van der Waals surface area contributed by atoms with Crippen molar-refractivity contribution in [2.24, 2.45) is 16.6 Å². The Kier molecular flexibility index (Phi) is 9.47. The molecule has 29 heavy (non-hydrogen) atoms. The molecule has 7 heteroatoms. The highest BCUT2D eigenvalue weighted by Gasteiger charge is 2.20. The smallest absolute Gasteiger partial charge is 0.224 e. The predicted molar refractivity (Wildman–Crippen MR) is 116 cm³/mol. The van der Waals surface area contributed by atoms with E-state index in [0.717, 1.165) is 12.8 Å². The second-order valence-corrected chi connectivity index (χ2v) is 7.73. The van der Waals surface area contributed by atoms with E-state index in [2.05, 4.69) is 10.3 Å². The Balaban J connectivity index is 2.02. The number of benzene rings is 1. The van der Waals surface area contributed by atoms with E-state index in [1.54, 1.807) is 7.05 Å². The molecule has 1 aromatic carbocycles. The maximum absolute atomic E-state index is 11.8. The van der Waals surface area contributed by atoms with Crippen LogP contribution in [0.4, 0.5) is 5.69 Å². The molecule has 2 rings (SSSR count). The summed E-state index contributed by atoms with van der Waals surface area (Å²) in [7, 11) is 1.59. The van der Waals surface area contributed by atoms with Gasteiger partial charge in [-0.2, -0.15) is 0 Å². The average molecular weight is 403 g/mol. The Morgan fingerprint density at radius 3 is 2.83 bits per heavy atom. The number of nitrogens with one attached hydrogen (secondary N) is 1. The number of nitrogens with zero attached hydrogens (tertiary/aromatic N) is 2. The molecule has 160 valence electrons. The number of ether oxygens (including phenoxy) is 1. The Morgan fingerprint density at radius 2 is 2.14 bits per heavy atom. The minimum atomic E-state index is -0.126. The SMILES string of the molecule is CCCC(=O)Nc1cccc(OCC(CC2CCCCC2)N=C(N)N(C)C=O)c1. The second-order valence-electron chi connectivity index (χ2n) is 7.73. The summed E-state index contributed by atoms with van der Waals surface area (Å²) >= 11 is 0. The van der Waals surface area contributed by atoms with E-state index in [4.69, 9.17) is 10.5 Å². The maximum Gasteiger partial charge on any atom is 0.224 e. The van der Waals surface area contributed by atoms with Crippen molar-refractivity contribution in [3.05, 3.63) is 24.3 Å². The van der Waals surface area contributed by atoms with Gasteiger partial charge in [-0.25, -0.2) is 4.99 Å². The molecule has 0 bridgehead atoms. The molecule has 0 aliphatic heterocycles. The van der Waals surface area contributed by atoms with Crippen molar-refractivity contribution in [3.63, 3.8) is 0 Å². The fraction of sp³-hybridized carbons (Fsp3) is 0.591. The molecule has 1 atom stereocenters. The highest BCUT2D eigenvalue weighted by atomic mass is 16.5. The fourth-order valence-electron chi connectivity index (χ4n) is 3.60. The van der Waals surface area contributed by atoms with Crippen molar-refractivity contribution < 1.29 is 14.3 Å². The van der Waals surface area contributed by atoms with Crippen molar-refractivity contribution >= 4 is 24.0 Å². The van der Waals surface area contributed by atoms with E-state index in [-0.39, 0.29) is 17.9 Å². The van der Waals surface area contributed by atoms with Gasteiger partial charge in [-0.1, -0.05) is 45.1 Å². The van der Waals surface area contributed by atoms with Gasteiger partial charge in [0.05, 0.1) is 6.04 Å². The number of anilines is 1. The quantitative estimate of drug-likeness (QED) is 0.355. The molecule has 1 aromatic rings. The van der Waals surface area contributed by atoms with Gasteiger partial charge in [0, 0.05) is 25.2 Å². The number of hydrogen-bond acceptors (Lipinski definition) is 4. The van der Waals surface area contributed by atoms with Gasteiger partial charge in [0.25, 0.3) is 0 Å². The maximum atomic E-state index is 11.8. The van der Waals surface area contributed by atoms with Crippen LogP contribution in [0.5, 0.6) is 5.75 Å². The van der Waals surface area contributed by atoms with Crippen molar-refractivity contribution in [1.29, 1.82) is 0 Å². The number of amides is 2. The first-order chi connectivity index (χ1) is 14.0. The number of hydrogen-bond donors (Lipinski definition) is 2. The summed E-state index contributed by atoms with van der Waals surface area (Å²) < 4.78 is 5.99. The van der Waals surface area contributed by atoms with Gasteiger partial charge in [-0.15, -0.1) is 0 Å². The van der Waals surface area contributed by atoms with Crippen LogP contribution in [0.25, 0.3) is 0 Å². The molecule has 0 aromatic heterocycles. The molecule has 1 unspecified atom stereocenters. The predicted octanol–water partition coefficient (Wildman–Crippen LogP) is 3.55. The molecular formula is C22H34N4O3. The molecular weight excluding hydrogens is 368 g/mol.